The first-order valence-electron chi connectivity index (χ1n) is 6.71. The SMILES string of the molecule is COc1cccc(NC(=O)CCNc2cc(Cl)ccc2Cl)c1. The van der Waals surface area contributed by atoms with Crippen molar-refractivity contribution in [2.45, 2.75) is 6.42 Å². The predicted octanol–water partition coefficient (Wildman–Crippen LogP) is 4.44. The normalized spacial score (nSPS) is 10.1. The lowest BCUT2D eigenvalue weighted by Crippen LogP contribution is -2.16. The molecule has 2 aromatic rings. The van der Waals surface area contributed by atoms with Gasteiger partial charge in [-0.3, -0.25) is 4.79 Å². The second kappa shape index (κ2) is 7.92. The molecule has 0 heterocycles. The highest BCUT2D eigenvalue weighted by atomic mass is 35.5. The van der Waals surface area contributed by atoms with Gasteiger partial charge in [-0.15, -0.1) is 0 Å². The fraction of sp³-hybridized carbons (Fsp3) is 0.188. The summed E-state index contributed by atoms with van der Waals surface area (Å²) in [5, 5.41) is 7.06. The molecule has 0 atom stereocenters. The van der Waals surface area contributed by atoms with Crippen LogP contribution in [0.4, 0.5) is 11.4 Å². The number of nitrogens with one attached hydrogen (secondary N) is 2. The van der Waals surface area contributed by atoms with Gasteiger partial charge in [-0.2, -0.15) is 0 Å². The highest BCUT2D eigenvalue weighted by Crippen LogP contribution is 2.25. The van der Waals surface area contributed by atoms with Gasteiger partial charge in [-0.25, -0.2) is 0 Å². The minimum Gasteiger partial charge on any atom is -0.497 e. The van der Waals surface area contributed by atoms with Crippen molar-refractivity contribution in [3.05, 3.63) is 52.5 Å². The molecule has 0 fully saturated rings. The average molecular weight is 339 g/mol. The van der Waals surface area contributed by atoms with E-state index < -0.39 is 0 Å². The Balaban J connectivity index is 1.84. The summed E-state index contributed by atoms with van der Waals surface area (Å²) in [6.45, 7) is 0.454. The van der Waals surface area contributed by atoms with E-state index in [2.05, 4.69) is 10.6 Å². The Labute approximate surface area is 139 Å². The molecule has 1 amide bonds. The van der Waals surface area contributed by atoms with E-state index in [-0.39, 0.29) is 5.91 Å². The lowest BCUT2D eigenvalue weighted by Gasteiger charge is -2.10. The van der Waals surface area contributed by atoms with Crippen LogP contribution in [0, 0.1) is 0 Å². The van der Waals surface area contributed by atoms with Gasteiger partial charge in [0.1, 0.15) is 5.75 Å². The molecular weight excluding hydrogens is 323 g/mol. The van der Waals surface area contributed by atoms with Crippen LogP contribution >= 0.6 is 23.2 Å². The number of rotatable bonds is 6. The van der Waals surface area contributed by atoms with Crippen LogP contribution in [0.1, 0.15) is 6.42 Å². The summed E-state index contributed by atoms with van der Waals surface area (Å²) in [7, 11) is 1.58. The molecule has 0 radical (unpaired) electrons. The molecule has 0 aromatic heterocycles. The zero-order valence-electron chi connectivity index (χ0n) is 12.0. The topological polar surface area (TPSA) is 50.4 Å². The van der Waals surface area contributed by atoms with Gasteiger partial charge in [0.05, 0.1) is 17.8 Å². The van der Waals surface area contributed by atoms with E-state index in [1.807, 2.05) is 18.2 Å². The molecule has 6 heteroatoms. The van der Waals surface area contributed by atoms with Gasteiger partial charge in [0, 0.05) is 29.7 Å². The number of carbonyl (C=O) groups excluding carboxylic acids is 1. The lowest BCUT2D eigenvalue weighted by atomic mass is 10.2. The van der Waals surface area contributed by atoms with Crippen LogP contribution in [0.2, 0.25) is 10.0 Å². The molecule has 22 heavy (non-hydrogen) atoms. The largest absolute Gasteiger partial charge is 0.497 e. The monoisotopic (exact) mass is 338 g/mol. The molecule has 0 saturated heterocycles. The Morgan fingerprint density at radius 1 is 1.18 bits per heavy atom. The third kappa shape index (κ3) is 4.83. The Bertz CT molecular complexity index is 662. The third-order valence-electron chi connectivity index (χ3n) is 2.95. The summed E-state index contributed by atoms with van der Waals surface area (Å²) in [6.07, 6.45) is 0.306. The van der Waals surface area contributed by atoms with Gasteiger partial charge in [0.25, 0.3) is 0 Å². The summed E-state index contributed by atoms with van der Waals surface area (Å²) < 4.78 is 5.11. The first-order chi connectivity index (χ1) is 10.6. The summed E-state index contributed by atoms with van der Waals surface area (Å²) in [5.74, 6) is 0.598. The van der Waals surface area contributed by atoms with Crippen molar-refractivity contribution >= 4 is 40.5 Å². The van der Waals surface area contributed by atoms with Crippen molar-refractivity contribution in [3.8, 4) is 5.75 Å². The highest BCUT2D eigenvalue weighted by Gasteiger charge is 2.05. The number of anilines is 2. The van der Waals surface area contributed by atoms with Crippen LogP contribution < -0.4 is 15.4 Å². The van der Waals surface area contributed by atoms with Crippen molar-refractivity contribution in [3.63, 3.8) is 0 Å². The van der Waals surface area contributed by atoms with Gasteiger partial charge in [-0.05, 0) is 30.3 Å². The number of amides is 1. The number of hydrogen-bond donors (Lipinski definition) is 2. The molecule has 0 aliphatic heterocycles. The molecule has 2 N–H and O–H groups in total. The van der Waals surface area contributed by atoms with Crippen LogP contribution in [0.15, 0.2) is 42.5 Å². The number of halogens is 2. The summed E-state index contributed by atoms with van der Waals surface area (Å²) in [5.41, 5.74) is 1.41. The third-order valence-corrected chi connectivity index (χ3v) is 3.51. The van der Waals surface area contributed by atoms with E-state index in [4.69, 9.17) is 27.9 Å². The number of benzene rings is 2. The maximum Gasteiger partial charge on any atom is 0.226 e. The summed E-state index contributed by atoms with van der Waals surface area (Å²) >= 11 is 11.9. The van der Waals surface area contributed by atoms with Gasteiger partial charge in [0.2, 0.25) is 5.91 Å². The van der Waals surface area contributed by atoms with Gasteiger partial charge in [-0.1, -0.05) is 29.3 Å². The van der Waals surface area contributed by atoms with Gasteiger partial charge >= 0.3 is 0 Å². The number of ether oxygens (including phenoxy) is 1. The second-order valence-electron chi connectivity index (χ2n) is 4.58. The first kappa shape index (κ1) is 16.5. The number of hydrogen-bond acceptors (Lipinski definition) is 3. The average Bonchev–Trinajstić information content (AvgIpc) is 2.51. The summed E-state index contributed by atoms with van der Waals surface area (Å²) in [6, 6.07) is 12.4. The second-order valence-corrected chi connectivity index (χ2v) is 5.42. The fourth-order valence-electron chi connectivity index (χ4n) is 1.87. The van der Waals surface area contributed by atoms with Gasteiger partial charge < -0.3 is 15.4 Å². The van der Waals surface area contributed by atoms with Gasteiger partial charge in [0.15, 0.2) is 0 Å². The van der Waals surface area contributed by atoms with Crippen molar-refractivity contribution in [2.24, 2.45) is 0 Å². The number of methoxy groups -OCH3 is 1. The minimum atomic E-state index is -0.0982. The maximum atomic E-state index is 11.9. The molecule has 0 aliphatic rings. The van der Waals surface area contributed by atoms with E-state index in [0.29, 0.717) is 40.1 Å². The first-order valence-corrected chi connectivity index (χ1v) is 7.47. The predicted molar refractivity (Wildman–Crippen MR) is 91.2 cm³/mol. The molecule has 0 unspecified atom stereocenters. The Kier molecular flexibility index (Phi) is 5.92. The molecule has 0 bridgehead atoms. The maximum absolute atomic E-state index is 11.9. The standard InChI is InChI=1S/C16H16Cl2N2O2/c1-22-13-4-2-3-12(10-13)20-16(21)7-8-19-15-9-11(17)5-6-14(15)18/h2-6,9-10,19H,7-8H2,1H3,(H,20,21). The molecule has 116 valence electrons. The van der Waals surface area contributed by atoms with Crippen LogP contribution in [-0.2, 0) is 4.79 Å². The zero-order chi connectivity index (χ0) is 15.9. The Morgan fingerprint density at radius 2 is 2.00 bits per heavy atom. The fourth-order valence-corrected chi connectivity index (χ4v) is 2.22. The Morgan fingerprint density at radius 3 is 2.77 bits per heavy atom. The van der Waals surface area contributed by atoms with Crippen molar-refractivity contribution in [2.75, 3.05) is 24.3 Å². The quantitative estimate of drug-likeness (QED) is 0.818. The van der Waals surface area contributed by atoms with Crippen molar-refractivity contribution in [1.29, 1.82) is 0 Å². The van der Waals surface area contributed by atoms with Crippen LogP contribution in [0.3, 0.4) is 0 Å². The van der Waals surface area contributed by atoms with Crippen molar-refractivity contribution in [1.82, 2.24) is 0 Å². The molecular formula is C16H16Cl2N2O2. The van der Waals surface area contributed by atoms with E-state index in [1.54, 1.807) is 31.4 Å². The van der Waals surface area contributed by atoms with Crippen molar-refractivity contribution < 1.29 is 9.53 Å². The van der Waals surface area contributed by atoms with Crippen LogP contribution in [-0.4, -0.2) is 19.6 Å². The molecule has 0 spiro atoms. The molecule has 2 aromatic carbocycles. The smallest absolute Gasteiger partial charge is 0.226 e. The Hall–Kier alpha value is -1.91. The van der Waals surface area contributed by atoms with E-state index in [9.17, 15) is 4.79 Å². The minimum absolute atomic E-state index is 0.0982. The van der Waals surface area contributed by atoms with E-state index in [0.717, 1.165) is 0 Å². The zero-order valence-corrected chi connectivity index (χ0v) is 13.5. The molecule has 2 rings (SSSR count). The van der Waals surface area contributed by atoms with Crippen LogP contribution in [0.25, 0.3) is 0 Å². The van der Waals surface area contributed by atoms with E-state index >= 15 is 0 Å². The summed E-state index contributed by atoms with van der Waals surface area (Å²) in [4.78, 5) is 11.9. The number of carbonyl (C=O) groups is 1. The lowest BCUT2D eigenvalue weighted by molar-refractivity contribution is -0.115. The molecule has 4 nitrogen and oxygen atoms in total. The van der Waals surface area contributed by atoms with E-state index in [1.165, 1.54) is 0 Å². The molecule has 0 saturated carbocycles. The molecule has 0 aliphatic carbocycles. The highest BCUT2D eigenvalue weighted by molar-refractivity contribution is 6.35. The van der Waals surface area contributed by atoms with Crippen LogP contribution in [0.5, 0.6) is 5.75 Å².